The molecule has 1 saturated heterocycles. The molecule has 1 aliphatic rings. The first-order valence-electron chi connectivity index (χ1n) is 8.51. The molecule has 1 amide bonds. The number of carbonyl (C=O) groups is 1. The highest BCUT2D eigenvalue weighted by atomic mass is 32.2. The highest BCUT2D eigenvalue weighted by Crippen LogP contribution is 2.22. The van der Waals surface area contributed by atoms with Crippen molar-refractivity contribution in [3.63, 3.8) is 0 Å². The Kier molecular flexibility index (Phi) is 6.00. The molecule has 3 rings (SSSR count). The monoisotopic (exact) mass is 356 g/mol. The molecule has 0 atom stereocenters. The molecule has 1 N–H and O–H groups in total. The highest BCUT2D eigenvalue weighted by Gasteiger charge is 2.14. The molecule has 0 saturated carbocycles. The minimum atomic E-state index is -0.152. The lowest BCUT2D eigenvalue weighted by Crippen LogP contribution is -2.31. The molecule has 25 heavy (non-hydrogen) atoms. The molecule has 0 radical (unpaired) electrons. The SMILES string of the molecule is COc1ccccc1C(=O)Nc1ccc(CN2CCSCC2)cc1C. The number of rotatable bonds is 5. The van der Waals surface area contributed by atoms with Crippen molar-refractivity contribution < 1.29 is 9.53 Å². The lowest BCUT2D eigenvalue weighted by Gasteiger charge is -2.26. The minimum absolute atomic E-state index is 0.152. The van der Waals surface area contributed by atoms with Gasteiger partial charge in [0.25, 0.3) is 5.91 Å². The van der Waals surface area contributed by atoms with E-state index in [-0.39, 0.29) is 5.91 Å². The zero-order valence-corrected chi connectivity index (χ0v) is 15.6. The van der Waals surface area contributed by atoms with Crippen LogP contribution in [0, 0.1) is 6.92 Å². The average molecular weight is 356 g/mol. The molecule has 2 aromatic rings. The number of hydrogen-bond acceptors (Lipinski definition) is 4. The molecule has 0 aliphatic carbocycles. The maximum Gasteiger partial charge on any atom is 0.259 e. The summed E-state index contributed by atoms with van der Waals surface area (Å²) >= 11 is 2.02. The van der Waals surface area contributed by atoms with Gasteiger partial charge >= 0.3 is 0 Å². The summed E-state index contributed by atoms with van der Waals surface area (Å²) in [6.07, 6.45) is 0. The second kappa shape index (κ2) is 8.41. The van der Waals surface area contributed by atoms with Crippen LogP contribution in [0.2, 0.25) is 0 Å². The van der Waals surface area contributed by atoms with Crippen LogP contribution in [0.25, 0.3) is 0 Å². The Morgan fingerprint density at radius 2 is 1.96 bits per heavy atom. The number of aryl methyl sites for hydroxylation is 1. The Balaban J connectivity index is 1.69. The second-order valence-corrected chi connectivity index (χ2v) is 7.42. The van der Waals surface area contributed by atoms with Gasteiger partial charge in [0, 0.05) is 36.8 Å². The normalized spacial score (nSPS) is 15.0. The number of para-hydroxylation sites is 1. The van der Waals surface area contributed by atoms with E-state index in [4.69, 9.17) is 4.74 Å². The number of benzene rings is 2. The number of hydrogen-bond donors (Lipinski definition) is 1. The summed E-state index contributed by atoms with van der Waals surface area (Å²) < 4.78 is 5.27. The fourth-order valence-electron chi connectivity index (χ4n) is 3.00. The standard InChI is InChI=1S/C20H24N2O2S/c1-15-13-16(14-22-9-11-25-12-10-22)7-8-18(15)21-20(23)17-5-3-4-6-19(17)24-2/h3-8,13H,9-12,14H2,1-2H3,(H,21,23). The van der Waals surface area contributed by atoms with Gasteiger partial charge in [0.2, 0.25) is 0 Å². The van der Waals surface area contributed by atoms with E-state index in [0.717, 1.165) is 30.9 Å². The van der Waals surface area contributed by atoms with Gasteiger partial charge in [-0.3, -0.25) is 9.69 Å². The molecule has 5 heteroatoms. The Bertz CT molecular complexity index is 742. The summed E-state index contributed by atoms with van der Waals surface area (Å²) in [5.74, 6) is 2.86. The number of nitrogens with zero attached hydrogens (tertiary/aromatic N) is 1. The predicted molar refractivity (Wildman–Crippen MR) is 105 cm³/mol. The van der Waals surface area contributed by atoms with E-state index < -0.39 is 0 Å². The fraction of sp³-hybridized carbons (Fsp3) is 0.350. The molecule has 1 aliphatic heterocycles. The van der Waals surface area contributed by atoms with Gasteiger partial charge < -0.3 is 10.1 Å². The van der Waals surface area contributed by atoms with Gasteiger partial charge in [-0.1, -0.05) is 24.3 Å². The van der Waals surface area contributed by atoms with E-state index in [2.05, 4.69) is 22.3 Å². The quantitative estimate of drug-likeness (QED) is 0.885. The smallest absolute Gasteiger partial charge is 0.259 e. The molecule has 4 nitrogen and oxygen atoms in total. The van der Waals surface area contributed by atoms with Crippen LogP contribution in [-0.2, 0) is 6.54 Å². The maximum atomic E-state index is 12.5. The van der Waals surface area contributed by atoms with Crippen molar-refractivity contribution in [2.45, 2.75) is 13.5 Å². The van der Waals surface area contributed by atoms with Crippen LogP contribution < -0.4 is 10.1 Å². The number of methoxy groups -OCH3 is 1. The molecule has 132 valence electrons. The Labute approximate surface area is 153 Å². The number of ether oxygens (including phenoxy) is 1. The maximum absolute atomic E-state index is 12.5. The van der Waals surface area contributed by atoms with E-state index in [1.807, 2.05) is 36.9 Å². The topological polar surface area (TPSA) is 41.6 Å². The van der Waals surface area contributed by atoms with Crippen molar-refractivity contribution in [1.82, 2.24) is 4.90 Å². The first kappa shape index (κ1) is 17.8. The molecule has 1 heterocycles. The first-order valence-corrected chi connectivity index (χ1v) is 9.67. The van der Waals surface area contributed by atoms with Gasteiger partial charge in [0.05, 0.1) is 12.7 Å². The number of anilines is 1. The van der Waals surface area contributed by atoms with Crippen molar-refractivity contribution in [3.8, 4) is 5.75 Å². The molecular weight excluding hydrogens is 332 g/mol. The van der Waals surface area contributed by atoms with Crippen LogP contribution in [-0.4, -0.2) is 42.5 Å². The summed E-state index contributed by atoms with van der Waals surface area (Å²) in [6.45, 7) is 5.31. The van der Waals surface area contributed by atoms with E-state index in [1.165, 1.54) is 17.1 Å². The molecule has 1 fully saturated rings. The lowest BCUT2D eigenvalue weighted by molar-refractivity contribution is 0.102. The van der Waals surface area contributed by atoms with Crippen molar-refractivity contribution >= 4 is 23.4 Å². The highest BCUT2D eigenvalue weighted by molar-refractivity contribution is 7.99. The summed E-state index contributed by atoms with van der Waals surface area (Å²) in [4.78, 5) is 15.0. The molecule has 0 aromatic heterocycles. The second-order valence-electron chi connectivity index (χ2n) is 6.19. The van der Waals surface area contributed by atoms with E-state index in [0.29, 0.717) is 11.3 Å². The van der Waals surface area contributed by atoms with Crippen LogP contribution in [0.15, 0.2) is 42.5 Å². The van der Waals surface area contributed by atoms with E-state index in [9.17, 15) is 4.79 Å². The first-order chi connectivity index (χ1) is 12.2. The van der Waals surface area contributed by atoms with Gasteiger partial charge in [-0.15, -0.1) is 0 Å². The third kappa shape index (κ3) is 4.55. The average Bonchev–Trinajstić information content (AvgIpc) is 2.64. The van der Waals surface area contributed by atoms with Crippen LogP contribution >= 0.6 is 11.8 Å². The van der Waals surface area contributed by atoms with Crippen molar-refractivity contribution in [1.29, 1.82) is 0 Å². The van der Waals surface area contributed by atoms with Gasteiger partial charge in [0.15, 0.2) is 0 Å². The summed E-state index contributed by atoms with van der Waals surface area (Å²) in [7, 11) is 1.57. The van der Waals surface area contributed by atoms with Crippen LogP contribution in [0.1, 0.15) is 21.5 Å². The Hall–Kier alpha value is -1.98. The third-order valence-corrected chi connectivity index (χ3v) is 5.34. The van der Waals surface area contributed by atoms with Crippen molar-refractivity contribution in [3.05, 3.63) is 59.2 Å². The zero-order valence-electron chi connectivity index (χ0n) is 14.7. The number of carbonyl (C=O) groups excluding carboxylic acids is 1. The van der Waals surface area contributed by atoms with Crippen LogP contribution in [0.4, 0.5) is 5.69 Å². The fourth-order valence-corrected chi connectivity index (χ4v) is 3.98. The van der Waals surface area contributed by atoms with Crippen LogP contribution in [0.3, 0.4) is 0 Å². The molecule has 0 spiro atoms. The minimum Gasteiger partial charge on any atom is -0.496 e. The van der Waals surface area contributed by atoms with E-state index >= 15 is 0 Å². The molecular formula is C20H24N2O2S. The predicted octanol–water partition coefficient (Wildman–Crippen LogP) is 3.80. The number of nitrogens with one attached hydrogen (secondary N) is 1. The Morgan fingerprint density at radius 1 is 1.20 bits per heavy atom. The summed E-state index contributed by atoms with van der Waals surface area (Å²) in [6, 6.07) is 13.5. The lowest BCUT2D eigenvalue weighted by atomic mass is 10.1. The molecule has 0 bridgehead atoms. The number of amides is 1. The summed E-state index contributed by atoms with van der Waals surface area (Å²) in [5.41, 5.74) is 3.75. The van der Waals surface area contributed by atoms with Crippen molar-refractivity contribution in [2.75, 3.05) is 37.0 Å². The third-order valence-electron chi connectivity index (χ3n) is 4.40. The summed E-state index contributed by atoms with van der Waals surface area (Å²) in [5, 5.41) is 3.00. The van der Waals surface area contributed by atoms with Gasteiger partial charge in [-0.25, -0.2) is 0 Å². The van der Waals surface area contributed by atoms with Crippen LogP contribution in [0.5, 0.6) is 5.75 Å². The van der Waals surface area contributed by atoms with E-state index in [1.54, 1.807) is 19.2 Å². The van der Waals surface area contributed by atoms with Gasteiger partial charge in [-0.05, 0) is 36.2 Å². The largest absolute Gasteiger partial charge is 0.496 e. The van der Waals surface area contributed by atoms with Gasteiger partial charge in [-0.2, -0.15) is 11.8 Å². The Morgan fingerprint density at radius 3 is 2.68 bits per heavy atom. The van der Waals surface area contributed by atoms with Gasteiger partial charge in [0.1, 0.15) is 5.75 Å². The molecule has 2 aromatic carbocycles. The van der Waals surface area contributed by atoms with Crippen molar-refractivity contribution in [2.24, 2.45) is 0 Å². The number of thioether (sulfide) groups is 1. The molecule has 0 unspecified atom stereocenters. The zero-order chi connectivity index (χ0) is 17.6.